The number of carbonyl (C=O) groups excluding carboxylic acids is 1. The van der Waals surface area contributed by atoms with Crippen LogP contribution in [0.4, 0.5) is 11.4 Å². The van der Waals surface area contributed by atoms with Gasteiger partial charge >= 0.3 is 0 Å². The average Bonchev–Trinajstić information content (AvgIpc) is 3.05. The van der Waals surface area contributed by atoms with E-state index in [4.69, 9.17) is 10.00 Å². The number of fused-ring (bicyclic) bond motifs is 1. The molecule has 1 unspecified atom stereocenters. The van der Waals surface area contributed by atoms with E-state index in [2.05, 4.69) is 16.3 Å². The van der Waals surface area contributed by atoms with Crippen LogP contribution in [-0.2, 0) is 17.3 Å². The highest BCUT2D eigenvalue weighted by Gasteiger charge is 2.20. The van der Waals surface area contributed by atoms with E-state index in [0.717, 1.165) is 34.8 Å². The molecule has 0 aromatic heterocycles. The van der Waals surface area contributed by atoms with Crippen molar-refractivity contribution in [2.24, 2.45) is 0 Å². The molecule has 0 saturated heterocycles. The first-order chi connectivity index (χ1) is 15.5. The lowest BCUT2D eigenvalue weighted by molar-refractivity contribution is 0.0950. The third kappa shape index (κ3) is 4.82. The number of nitriles is 1. The van der Waals surface area contributed by atoms with Gasteiger partial charge in [0.2, 0.25) is 0 Å². The van der Waals surface area contributed by atoms with Crippen molar-refractivity contribution >= 4 is 28.1 Å². The van der Waals surface area contributed by atoms with Crippen molar-refractivity contribution in [1.29, 1.82) is 5.26 Å². The molecule has 32 heavy (non-hydrogen) atoms. The smallest absolute Gasteiger partial charge is 0.251 e. The molecule has 0 fully saturated rings. The SMILES string of the molecule is CS(=O)c1ccc(CNC(=O)c2ccc3c(c2)OCCCN3c2ccc(C#N)cc2)cc1. The molecule has 0 bridgehead atoms. The molecule has 1 N–H and O–H groups in total. The molecule has 1 atom stereocenters. The lowest BCUT2D eigenvalue weighted by atomic mass is 10.1. The molecule has 0 radical (unpaired) electrons. The summed E-state index contributed by atoms with van der Waals surface area (Å²) in [5, 5.41) is 12.0. The predicted molar refractivity (Wildman–Crippen MR) is 125 cm³/mol. The molecule has 1 aliphatic rings. The Morgan fingerprint density at radius 1 is 1.12 bits per heavy atom. The predicted octanol–water partition coefficient (Wildman–Crippen LogP) is 4.15. The van der Waals surface area contributed by atoms with Gasteiger partial charge in [-0.1, -0.05) is 12.1 Å². The van der Waals surface area contributed by atoms with Crippen molar-refractivity contribution < 1.29 is 13.7 Å². The van der Waals surface area contributed by atoms with E-state index < -0.39 is 10.8 Å². The largest absolute Gasteiger partial charge is 0.491 e. The van der Waals surface area contributed by atoms with Crippen LogP contribution in [-0.4, -0.2) is 29.5 Å². The molecule has 7 heteroatoms. The van der Waals surface area contributed by atoms with Gasteiger partial charge in [-0.3, -0.25) is 9.00 Å². The highest BCUT2D eigenvalue weighted by Crippen LogP contribution is 2.36. The molecule has 0 aliphatic carbocycles. The third-order valence-electron chi connectivity index (χ3n) is 5.31. The van der Waals surface area contributed by atoms with Crippen LogP contribution in [0.2, 0.25) is 0 Å². The lowest BCUT2D eigenvalue weighted by Crippen LogP contribution is -2.23. The zero-order chi connectivity index (χ0) is 22.5. The molecule has 162 valence electrons. The second-order valence-electron chi connectivity index (χ2n) is 7.48. The van der Waals surface area contributed by atoms with Crippen LogP contribution in [0.25, 0.3) is 0 Å². The van der Waals surface area contributed by atoms with Gasteiger partial charge in [-0.2, -0.15) is 5.26 Å². The normalized spacial score (nSPS) is 13.8. The van der Waals surface area contributed by atoms with Gasteiger partial charge in [0.15, 0.2) is 0 Å². The first-order valence-corrected chi connectivity index (χ1v) is 11.9. The summed E-state index contributed by atoms with van der Waals surface area (Å²) >= 11 is 0. The van der Waals surface area contributed by atoms with Crippen molar-refractivity contribution in [2.75, 3.05) is 24.3 Å². The number of hydrogen-bond donors (Lipinski definition) is 1. The molecule has 1 aliphatic heterocycles. The number of nitrogens with zero attached hydrogens (tertiary/aromatic N) is 2. The van der Waals surface area contributed by atoms with Crippen molar-refractivity contribution in [3.05, 3.63) is 83.4 Å². The lowest BCUT2D eigenvalue weighted by Gasteiger charge is -2.24. The summed E-state index contributed by atoms with van der Waals surface area (Å²) in [6.07, 6.45) is 2.48. The number of carbonyl (C=O) groups is 1. The van der Waals surface area contributed by atoms with Crippen LogP contribution in [0.1, 0.15) is 27.9 Å². The van der Waals surface area contributed by atoms with Gasteiger partial charge in [0.1, 0.15) is 5.75 Å². The minimum absolute atomic E-state index is 0.186. The molecule has 4 rings (SSSR count). The summed E-state index contributed by atoms with van der Waals surface area (Å²) in [5.41, 5.74) is 3.95. The van der Waals surface area contributed by atoms with E-state index in [-0.39, 0.29) is 5.91 Å². The van der Waals surface area contributed by atoms with E-state index in [1.165, 1.54) is 0 Å². The van der Waals surface area contributed by atoms with Crippen LogP contribution < -0.4 is 15.0 Å². The molecule has 1 amide bonds. The van der Waals surface area contributed by atoms with Gasteiger partial charge < -0.3 is 15.0 Å². The Hall–Kier alpha value is -3.63. The Morgan fingerprint density at radius 3 is 2.56 bits per heavy atom. The Balaban J connectivity index is 1.50. The van der Waals surface area contributed by atoms with Gasteiger partial charge in [-0.25, -0.2) is 0 Å². The van der Waals surface area contributed by atoms with Gasteiger partial charge in [-0.15, -0.1) is 0 Å². The molecular weight excluding hydrogens is 422 g/mol. The summed E-state index contributed by atoms with van der Waals surface area (Å²) in [7, 11) is -1.02. The Labute approximate surface area is 189 Å². The van der Waals surface area contributed by atoms with Crippen LogP contribution >= 0.6 is 0 Å². The first kappa shape index (κ1) is 21.6. The number of ether oxygens (including phenoxy) is 1. The maximum atomic E-state index is 12.7. The fourth-order valence-electron chi connectivity index (χ4n) is 3.59. The van der Waals surface area contributed by atoms with Crippen LogP contribution in [0.3, 0.4) is 0 Å². The van der Waals surface area contributed by atoms with E-state index >= 15 is 0 Å². The van der Waals surface area contributed by atoms with E-state index in [1.807, 2.05) is 42.5 Å². The van der Waals surface area contributed by atoms with Crippen LogP contribution in [0.15, 0.2) is 71.6 Å². The number of amides is 1. The minimum Gasteiger partial charge on any atom is -0.491 e. The van der Waals surface area contributed by atoms with Crippen LogP contribution in [0, 0.1) is 11.3 Å². The molecular formula is C25H23N3O3S. The van der Waals surface area contributed by atoms with E-state index in [0.29, 0.717) is 30.0 Å². The molecule has 0 spiro atoms. The monoisotopic (exact) mass is 445 g/mol. The van der Waals surface area contributed by atoms with E-state index in [1.54, 1.807) is 30.5 Å². The van der Waals surface area contributed by atoms with Crippen LogP contribution in [0.5, 0.6) is 5.75 Å². The molecule has 0 saturated carbocycles. The Bertz CT molecular complexity index is 1180. The standard InChI is InChI=1S/C25H23N3O3S/c1-32(30)22-10-5-19(6-11-22)17-27-25(29)20-7-12-23-24(15-20)31-14-2-13-28(23)21-8-3-18(16-26)4-9-21/h3-12,15H,2,13-14,17H2,1H3,(H,27,29). The number of benzene rings is 3. The van der Waals surface area contributed by atoms with Gasteiger partial charge in [0.25, 0.3) is 5.91 Å². The minimum atomic E-state index is -1.02. The molecule has 6 nitrogen and oxygen atoms in total. The highest BCUT2D eigenvalue weighted by molar-refractivity contribution is 7.84. The third-order valence-corrected chi connectivity index (χ3v) is 6.25. The van der Waals surface area contributed by atoms with Crippen molar-refractivity contribution in [3.63, 3.8) is 0 Å². The Morgan fingerprint density at radius 2 is 1.88 bits per heavy atom. The highest BCUT2D eigenvalue weighted by atomic mass is 32.2. The number of nitrogens with one attached hydrogen (secondary N) is 1. The summed E-state index contributed by atoms with van der Waals surface area (Å²) < 4.78 is 17.4. The number of anilines is 2. The molecule has 1 heterocycles. The average molecular weight is 446 g/mol. The summed E-state index contributed by atoms with van der Waals surface area (Å²) in [6, 6.07) is 22.4. The second kappa shape index (κ2) is 9.67. The summed E-state index contributed by atoms with van der Waals surface area (Å²) in [6.45, 7) is 1.73. The fraction of sp³-hybridized carbons (Fsp3) is 0.200. The maximum Gasteiger partial charge on any atom is 0.251 e. The second-order valence-corrected chi connectivity index (χ2v) is 8.86. The summed E-state index contributed by atoms with van der Waals surface area (Å²) in [5.74, 6) is 0.475. The fourth-order valence-corrected chi connectivity index (χ4v) is 4.11. The van der Waals surface area contributed by atoms with Gasteiger partial charge in [-0.05, 0) is 66.6 Å². The van der Waals surface area contributed by atoms with E-state index in [9.17, 15) is 9.00 Å². The Kier molecular flexibility index (Phi) is 6.52. The van der Waals surface area contributed by atoms with Gasteiger partial charge in [0.05, 0.1) is 23.9 Å². The summed E-state index contributed by atoms with van der Waals surface area (Å²) in [4.78, 5) is 15.6. The zero-order valence-corrected chi connectivity index (χ0v) is 18.5. The molecule has 3 aromatic rings. The zero-order valence-electron chi connectivity index (χ0n) is 17.7. The maximum absolute atomic E-state index is 12.7. The number of rotatable bonds is 5. The molecule has 3 aromatic carbocycles. The number of hydrogen-bond acceptors (Lipinski definition) is 5. The first-order valence-electron chi connectivity index (χ1n) is 10.3. The van der Waals surface area contributed by atoms with Gasteiger partial charge in [0, 0.05) is 46.3 Å². The van der Waals surface area contributed by atoms with Crippen molar-refractivity contribution in [3.8, 4) is 11.8 Å². The topological polar surface area (TPSA) is 82.4 Å². The van der Waals surface area contributed by atoms with Crippen molar-refractivity contribution in [1.82, 2.24) is 5.32 Å². The quantitative estimate of drug-likeness (QED) is 0.638. The van der Waals surface area contributed by atoms with Crippen molar-refractivity contribution in [2.45, 2.75) is 17.9 Å².